The molecular weight excluding hydrogens is 444 g/mol. The van der Waals surface area contributed by atoms with Crippen LogP contribution in [0.2, 0.25) is 0 Å². The largest absolute Gasteiger partial charge is 0.486 e. The topological polar surface area (TPSA) is 43.3 Å². The second-order valence-electron chi connectivity index (χ2n) is 7.57. The van der Waals surface area contributed by atoms with Gasteiger partial charge in [-0.1, -0.05) is 46.3 Å². The predicted molar refractivity (Wildman–Crippen MR) is 117 cm³/mol. The van der Waals surface area contributed by atoms with Crippen LogP contribution in [0.25, 0.3) is 0 Å². The summed E-state index contributed by atoms with van der Waals surface area (Å²) >= 11 is 3.58. The van der Waals surface area contributed by atoms with Gasteiger partial charge in [-0.05, 0) is 36.4 Å². The first-order valence-electron chi connectivity index (χ1n) is 10.0. The summed E-state index contributed by atoms with van der Waals surface area (Å²) in [6.45, 7) is 1.16. The Bertz CT molecular complexity index is 1160. The number of para-hydroxylation sites is 1. The van der Waals surface area contributed by atoms with Crippen LogP contribution in [0.15, 0.2) is 76.3 Å². The zero-order valence-electron chi connectivity index (χ0n) is 16.1. The summed E-state index contributed by atoms with van der Waals surface area (Å²) in [4.78, 5) is 0. The molecule has 6 heteroatoms. The highest BCUT2D eigenvalue weighted by Crippen LogP contribution is 2.48. The summed E-state index contributed by atoms with van der Waals surface area (Å²) in [5, 5.41) is 7.12. The Labute approximate surface area is 183 Å². The van der Waals surface area contributed by atoms with E-state index in [4.69, 9.17) is 19.3 Å². The smallest absolute Gasteiger partial charge is 0.213 e. The van der Waals surface area contributed by atoms with Crippen molar-refractivity contribution in [2.75, 3.05) is 13.2 Å². The van der Waals surface area contributed by atoms with E-state index in [1.165, 1.54) is 5.56 Å². The fraction of sp³-hybridized carbons (Fsp3) is 0.208. The van der Waals surface area contributed by atoms with Crippen LogP contribution in [-0.2, 0) is 0 Å². The first-order chi connectivity index (χ1) is 14.8. The molecule has 0 fully saturated rings. The zero-order valence-corrected chi connectivity index (χ0v) is 17.7. The van der Waals surface area contributed by atoms with Crippen molar-refractivity contribution in [3.8, 4) is 17.2 Å². The maximum atomic E-state index is 6.41. The van der Waals surface area contributed by atoms with Crippen molar-refractivity contribution in [2.24, 2.45) is 5.10 Å². The number of benzene rings is 3. The minimum Gasteiger partial charge on any atom is -0.486 e. The normalized spacial score (nSPS) is 21.4. The Morgan fingerprint density at radius 2 is 1.73 bits per heavy atom. The summed E-state index contributed by atoms with van der Waals surface area (Å²) < 4.78 is 18.9. The van der Waals surface area contributed by atoms with Crippen molar-refractivity contribution in [2.45, 2.75) is 18.7 Å². The Balaban J connectivity index is 1.42. The number of nitrogens with zero attached hydrogens (tertiary/aromatic N) is 2. The molecule has 3 aliphatic heterocycles. The third kappa shape index (κ3) is 2.94. The molecule has 0 N–H and O–H groups in total. The minimum absolute atomic E-state index is 0.127. The maximum absolute atomic E-state index is 6.41. The molecule has 0 aliphatic carbocycles. The predicted octanol–water partition coefficient (Wildman–Crippen LogP) is 5.46. The highest BCUT2D eigenvalue weighted by Gasteiger charge is 2.41. The Kier molecular flexibility index (Phi) is 4.20. The molecule has 6 rings (SSSR count). The second kappa shape index (κ2) is 7.06. The number of fused-ring (bicyclic) bond motifs is 4. The molecule has 0 spiro atoms. The molecule has 3 aromatic rings. The number of rotatable bonds is 2. The summed E-state index contributed by atoms with van der Waals surface area (Å²) in [5.74, 6) is 2.50. The van der Waals surface area contributed by atoms with E-state index in [9.17, 15) is 0 Å². The van der Waals surface area contributed by atoms with Crippen molar-refractivity contribution < 1.29 is 14.2 Å². The van der Waals surface area contributed by atoms with Crippen molar-refractivity contribution in [1.82, 2.24) is 5.01 Å². The Morgan fingerprint density at radius 3 is 2.63 bits per heavy atom. The summed E-state index contributed by atoms with van der Waals surface area (Å²) in [6.07, 6.45) is 0.530. The van der Waals surface area contributed by atoms with Crippen molar-refractivity contribution in [1.29, 1.82) is 0 Å². The van der Waals surface area contributed by atoms with E-state index >= 15 is 0 Å². The van der Waals surface area contributed by atoms with E-state index in [-0.39, 0.29) is 12.3 Å². The van der Waals surface area contributed by atoms with Crippen molar-refractivity contribution in [3.05, 3.63) is 87.9 Å². The van der Waals surface area contributed by atoms with E-state index < -0.39 is 0 Å². The van der Waals surface area contributed by atoms with Crippen LogP contribution in [0, 0.1) is 0 Å². The molecule has 5 nitrogen and oxygen atoms in total. The van der Waals surface area contributed by atoms with Gasteiger partial charge >= 0.3 is 0 Å². The van der Waals surface area contributed by atoms with E-state index in [0.717, 1.165) is 45.0 Å². The summed E-state index contributed by atoms with van der Waals surface area (Å²) in [5.41, 5.74) is 4.31. The molecule has 0 amide bonds. The van der Waals surface area contributed by atoms with Gasteiger partial charge in [-0.2, -0.15) is 5.10 Å². The van der Waals surface area contributed by atoms with Gasteiger partial charge < -0.3 is 14.2 Å². The van der Waals surface area contributed by atoms with E-state index in [1.807, 2.05) is 36.4 Å². The van der Waals surface area contributed by atoms with Crippen LogP contribution in [0.1, 0.15) is 35.4 Å². The number of ether oxygens (including phenoxy) is 3. The second-order valence-corrected chi connectivity index (χ2v) is 8.48. The highest BCUT2D eigenvalue weighted by atomic mass is 79.9. The summed E-state index contributed by atoms with van der Waals surface area (Å²) in [6, 6.07) is 22.7. The average molecular weight is 463 g/mol. The number of hydrogen-bond acceptors (Lipinski definition) is 5. The lowest BCUT2D eigenvalue weighted by Crippen LogP contribution is -2.33. The molecule has 0 aromatic heterocycles. The fourth-order valence-corrected chi connectivity index (χ4v) is 4.73. The van der Waals surface area contributed by atoms with Gasteiger partial charge in [0.2, 0.25) is 6.23 Å². The molecule has 0 unspecified atom stereocenters. The molecule has 0 saturated carbocycles. The van der Waals surface area contributed by atoms with Gasteiger partial charge in [-0.15, -0.1) is 0 Å². The van der Waals surface area contributed by atoms with E-state index in [0.29, 0.717) is 13.2 Å². The molecule has 30 heavy (non-hydrogen) atoms. The Morgan fingerprint density at radius 1 is 0.867 bits per heavy atom. The molecule has 3 aromatic carbocycles. The van der Waals surface area contributed by atoms with Crippen LogP contribution >= 0.6 is 15.9 Å². The molecule has 2 atom stereocenters. The lowest BCUT2D eigenvalue weighted by Gasteiger charge is -2.38. The van der Waals surface area contributed by atoms with Crippen LogP contribution in [0.4, 0.5) is 0 Å². The molecule has 150 valence electrons. The van der Waals surface area contributed by atoms with Gasteiger partial charge in [0, 0.05) is 27.6 Å². The first kappa shape index (κ1) is 17.8. The molecule has 0 radical (unpaired) electrons. The van der Waals surface area contributed by atoms with Crippen LogP contribution in [0.3, 0.4) is 0 Å². The van der Waals surface area contributed by atoms with Gasteiger partial charge in [0.1, 0.15) is 19.0 Å². The first-order valence-corrected chi connectivity index (χ1v) is 10.8. The zero-order chi connectivity index (χ0) is 20.1. The monoisotopic (exact) mass is 462 g/mol. The van der Waals surface area contributed by atoms with Gasteiger partial charge in [0.25, 0.3) is 0 Å². The van der Waals surface area contributed by atoms with Gasteiger partial charge in [-0.3, -0.25) is 0 Å². The van der Waals surface area contributed by atoms with Crippen LogP contribution in [0.5, 0.6) is 17.2 Å². The quantitative estimate of drug-likeness (QED) is 0.506. The van der Waals surface area contributed by atoms with Gasteiger partial charge in [0.05, 0.1) is 11.8 Å². The molecule has 0 saturated heterocycles. The average Bonchev–Trinajstić information content (AvgIpc) is 3.24. The molecule has 3 heterocycles. The van der Waals surface area contributed by atoms with Gasteiger partial charge in [0.15, 0.2) is 11.5 Å². The number of halogens is 1. The Hall–Kier alpha value is -2.99. The van der Waals surface area contributed by atoms with Crippen LogP contribution in [-0.4, -0.2) is 23.9 Å². The number of hydrogen-bond donors (Lipinski definition) is 0. The highest BCUT2D eigenvalue weighted by molar-refractivity contribution is 9.10. The molecule has 3 aliphatic rings. The SMILES string of the molecule is Brc1cccc([C@H]2Oc3ccccc3[C@@H]3CC(c4ccc5c(c4)OCCO5)=NN23)c1. The van der Waals surface area contributed by atoms with Crippen molar-refractivity contribution >= 4 is 21.6 Å². The van der Waals surface area contributed by atoms with Gasteiger partial charge in [-0.25, -0.2) is 5.01 Å². The van der Waals surface area contributed by atoms with E-state index in [1.54, 1.807) is 0 Å². The maximum Gasteiger partial charge on any atom is 0.213 e. The van der Waals surface area contributed by atoms with E-state index in [2.05, 4.69) is 51.3 Å². The lowest BCUT2D eigenvalue weighted by atomic mass is 9.96. The standard InChI is InChI=1S/C24H19BrN2O3/c25-17-5-3-4-16(12-17)24-27-20(18-6-1-2-7-21(18)30-24)14-19(26-27)15-8-9-22-23(13-15)29-11-10-28-22/h1-9,12-13,20,24H,10-11,14H2/t20-,24+/m0/s1. The lowest BCUT2D eigenvalue weighted by molar-refractivity contribution is -0.0190. The van der Waals surface area contributed by atoms with Crippen molar-refractivity contribution in [3.63, 3.8) is 0 Å². The van der Waals surface area contributed by atoms with Crippen LogP contribution < -0.4 is 14.2 Å². The third-order valence-corrected chi connectivity index (χ3v) is 6.20. The number of hydrazone groups is 1. The fourth-order valence-electron chi connectivity index (χ4n) is 4.31. The molecular formula is C24H19BrN2O3. The third-order valence-electron chi connectivity index (χ3n) is 5.71. The summed E-state index contributed by atoms with van der Waals surface area (Å²) in [7, 11) is 0. The minimum atomic E-state index is -0.280. The molecule has 0 bridgehead atoms.